The Morgan fingerprint density at radius 1 is 1.16 bits per heavy atom. The van der Waals surface area contributed by atoms with Crippen LogP contribution >= 0.6 is 47.1 Å². The van der Waals surface area contributed by atoms with E-state index in [4.69, 9.17) is 17.0 Å². The highest BCUT2D eigenvalue weighted by Gasteiger charge is 2.36. The van der Waals surface area contributed by atoms with Gasteiger partial charge in [-0.1, -0.05) is 11.8 Å². The number of methoxy groups -OCH3 is 1. The molecule has 198 valence electrons. The Hall–Kier alpha value is -3.11. The van der Waals surface area contributed by atoms with Gasteiger partial charge < -0.3 is 19.8 Å². The highest BCUT2D eigenvalue weighted by atomic mass is 32.2. The summed E-state index contributed by atoms with van der Waals surface area (Å²) in [4.78, 5) is 51.7. The molecule has 0 atom stereocenters. The van der Waals surface area contributed by atoms with Crippen LogP contribution in [0.5, 0.6) is 5.75 Å². The van der Waals surface area contributed by atoms with Crippen molar-refractivity contribution in [3.05, 3.63) is 48.4 Å². The number of ether oxygens (including phenoxy) is 1. The van der Waals surface area contributed by atoms with Gasteiger partial charge in [-0.15, -0.1) is 11.3 Å². The highest BCUT2D eigenvalue weighted by molar-refractivity contribution is 8.30. The van der Waals surface area contributed by atoms with Crippen LogP contribution in [0.2, 0.25) is 0 Å². The molecule has 1 aliphatic carbocycles. The number of thiocarbonyl (C=S) groups is 1. The molecular formula is C23H19N3O8S4. The number of benzene rings is 1. The summed E-state index contributed by atoms with van der Waals surface area (Å²) in [5.74, 6) is -2.49. The molecule has 0 unspecified atom stereocenters. The number of carbonyl (C=O) groups is 3. The zero-order valence-corrected chi connectivity index (χ0v) is 22.8. The molecule has 2 aromatic rings. The fraction of sp³-hybridized carbons (Fsp3) is 0.261. The summed E-state index contributed by atoms with van der Waals surface area (Å²) in [6.45, 7) is -0.993. The van der Waals surface area contributed by atoms with Crippen LogP contribution in [0, 0.1) is 5.92 Å². The largest absolute Gasteiger partial charge is 0.497 e. The Morgan fingerprint density at radius 3 is 2.45 bits per heavy atom. The Balaban J connectivity index is 1.73. The van der Waals surface area contributed by atoms with Gasteiger partial charge in [0.25, 0.3) is 11.5 Å². The fourth-order valence-corrected chi connectivity index (χ4v) is 7.60. The molecule has 3 N–H and O–H groups in total. The lowest BCUT2D eigenvalue weighted by Gasteiger charge is -2.20. The first-order valence-corrected chi connectivity index (χ1v) is 14.0. The SMILES string of the molecule is COc1ccc2c(c1)N(CC(=O)O)/C(=C(/C=c1/s/c(=C3\SC(=S)N(O)C3=O)n(CC(=O)O)c1=O)C1CC1)S2. The number of hydrogen-bond donors (Lipinski definition) is 3. The number of allylic oxidation sites excluding steroid dienone is 1. The second-order valence-corrected chi connectivity index (χ2v) is 12.2. The summed E-state index contributed by atoms with van der Waals surface area (Å²) in [7, 11) is 1.52. The number of anilines is 1. The van der Waals surface area contributed by atoms with Crippen molar-refractivity contribution in [1.29, 1.82) is 0 Å². The normalized spacial score (nSPS) is 20.3. The molecule has 1 aromatic carbocycles. The van der Waals surface area contributed by atoms with Crippen LogP contribution in [0.4, 0.5) is 5.69 Å². The number of fused-ring (bicyclic) bond motifs is 1. The first kappa shape index (κ1) is 26.5. The Bertz CT molecular complexity index is 1620. The van der Waals surface area contributed by atoms with Gasteiger partial charge in [-0.25, -0.2) is 0 Å². The lowest BCUT2D eigenvalue weighted by molar-refractivity contribution is -0.140. The maximum atomic E-state index is 13.4. The second kappa shape index (κ2) is 10.2. The minimum absolute atomic E-state index is 0.0385. The highest BCUT2D eigenvalue weighted by Crippen LogP contribution is 2.52. The summed E-state index contributed by atoms with van der Waals surface area (Å²) in [6, 6.07) is 5.39. The third-order valence-electron chi connectivity index (χ3n) is 5.90. The van der Waals surface area contributed by atoms with Crippen molar-refractivity contribution in [2.75, 3.05) is 18.6 Å². The van der Waals surface area contributed by atoms with E-state index in [9.17, 15) is 34.6 Å². The van der Waals surface area contributed by atoms with E-state index in [1.54, 1.807) is 23.1 Å². The minimum Gasteiger partial charge on any atom is -0.497 e. The smallest absolute Gasteiger partial charge is 0.323 e. The standard InChI is InChI=1S/C23H19N3O8S4/c1-34-11-4-5-14-13(6-11)24(8-16(27)28)21(36-14)12(10-2-3-10)7-15-19(31)25(9-17(29)30)22(37-15)18-20(32)26(33)23(35)38-18/h4-7,10,33H,2-3,8-9H2,1H3,(H,27,28)(H,29,30)/b15-7+,21-12+,22-18-. The summed E-state index contributed by atoms with van der Waals surface area (Å²) in [5.41, 5.74) is 0.823. The van der Waals surface area contributed by atoms with Gasteiger partial charge in [0.15, 0.2) is 4.32 Å². The summed E-state index contributed by atoms with van der Waals surface area (Å²) < 4.78 is 6.43. The molecule has 1 amide bonds. The van der Waals surface area contributed by atoms with Gasteiger partial charge in [-0.3, -0.25) is 29.0 Å². The van der Waals surface area contributed by atoms with Gasteiger partial charge in [0.1, 0.15) is 28.4 Å². The van der Waals surface area contributed by atoms with Gasteiger partial charge in [0.2, 0.25) is 0 Å². The van der Waals surface area contributed by atoms with Crippen LogP contribution in [0.25, 0.3) is 11.0 Å². The van der Waals surface area contributed by atoms with Gasteiger partial charge >= 0.3 is 11.9 Å². The van der Waals surface area contributed by atoms with Crippen LogP contribution in [0.15, 0.2) is 38.5 Å². The summed E-state index contributed by atoms with van der Waals surface area (Å²) in [6.07, 6.45) is 3.35. The number of hydrogen-bond acceptors (Lipinski definition) is 11. The van der Waals surface area contributed by atoms with Crippen molar-refractivity contribution < 1.29 is 34.5 Å². The van der Waals surface area contributed by atoms with Crippen molar-refractivity contribution in [2.45, 2.75) is 24.3 Å². The molecule has 5 rings (SSSR count). The number of thioether (sulfide) groups is 2. The second-order valence-electron chi connectivity index (χ2n) is 8.47. The van der Waals surface area contributed by atoms with Crippen molar-refractivity contribution >= 4 is 85.9 Å². The molecule has 15 heteroatoms. The van der Waals surface area contributed by atoms with E-state index in [0.29, 0.717) is 16.5 Å². The third kappa shape index (κ3) is 4.87. The molecule has 1 saturated carbocycles. The number of hydroxylamine groups is 2. The maximum Gasteiger partial charge on any atom is 0.323 e. The molecule has 3 heterocycles. The molecule has 38 heavy (non-hydrogen) atoms. The Morgan fingerprint density at radius 2 is 1.87 bits per heavy atom. The summed E-state index contributed by atoms with van der Waals surface area (Å²) >= 11 is 8.07. The average Bonchev–Trinajstić information content (AvgIpc) is 3.54. The molecular weight excluding hydrogens is 575 g/mol. The Kier molecular flexibility index (Phi) is 7.13. The average molecular weight is 594 g/mol. The lowest BCUT2D eigenvalue weighted by atomic mass is 10.1. The molecule has 0 spiro atoms. The first-order chi connectivity index (χ1) is 18.1. The zero-order valence-electron chi connectivity index (χ0n) is 19.6. The van der Waals surface area contributed by atoms with Gasteiger partial charge in [-0.2, -0.15) is 5.06 Å². The minimum atomic E-state index is -1.28. The molecule has 0 radical (unpaired) electrons. The number of carbonyl (C=O) groups excluding carboxylic acids is 1. The van der Waals surface area contributed by atoms with E-state index in [1.165, 1.54) is 18.9 Å². The van der Waals surface area contributed by atoms with E-state index in [2.05, 4.69) is 0 Å². The fourth-order valence-electron chi connectivity index (χ4n) is 4.04. The van der Waals surface area contributed by atoms with Gasteiger partial charge in [0.05, 0.1) is 22.4 Å². The predicted molar refractivity (Wildman–Crippen MR) is 146 cm³/mol. The molecule has 2 aliphatic heterocycles. The topological polar surface area (TPSA) is 150 Å². The molecule has 11 nitrogen and oxygen atoms in total. The predicted octanol–water partition coefficient (Wildman–Crippen LogP) is 1.46. The van der Waals surface area contributed by atoms with Crippen LogP contribution < -0.4 is 24.4 Å². The molecule has 1 saturated heterocycles. The molecule has 0 bridgehead atoms. The number of amides is 1. The quantitative estimate of drug-likeness (QED) is 0.315. The first-order valence-electron chi connectivity index (χ1n) is 11.1. The number of aromatic nitrogens is 1. The number of rotatable bonds is 7. The zero-order chi connectivity index (χ0) is 27.3. The van der Waals surface area contributed by atoms with Crippen molar-refractivity contribution in [2.24, 2.45) is 5.92 Å². The van der Waals surface area contributed by atoms with E-state index in [-0.39, 0.29) is 35.9 Å². The third-order valence-corrected chi connectivity index (χ3v) is 9.71. The van der Waals surface area contributed by atoms with Crippen molar-refractivity contribution in [3.63, 3.8) is 0 Å². The monoisotopic (exact) mass is 593 g/mol. The number of thiazole rings is 1. The lowest BCUT2D eigenvalue weighted by Crippen LogP contribution is -2.35. The van der Waals surface area contributed by atoms with Crippen LogP contribution in [-0.4, -0.2) is 60.9 Å². The number of carboxylic acids is 2. The molecule has 3 aliphatic rings. The van der Waals surface area contributed by atoms with Crippen LogP contribution in [0.1, 0.15) is 12.8 Å². The Labute approximate surface area is 232 Å². The van der Waals surface area contributed by atoms with Crippen LogP contribution in [-0.2, 0) is 20.9 Å². The van der Waals surface area contributed by atoms with Crippen LogP contribution in [0.3, 0.4) is 0 Å². The van der Waals surface area contributed by atoms with Gasteiger partial charge in [0, 0.05) is 11.0 Å². The van der Waals surface area contributed by atoms with Crippen molar-refractivity contribution in [1.82, 2.24) is 9.63 Å². The van der Waals surface area contributed by atoms with E-state index < -0.39 is 29.9 Å². The van der Waals surface area contributed by atoms with Gasteiger partial charge in [-0.05, 0) is 66.5 Å². The van der Waals surface area contributed by atoms with E-state index in [1.807, 2.05) is 6.07 Å². The number of carboxylic acid groups (broad SMARTS) is 2. The molecule has 1 aromatic heterocycles. The maximum absolute atomic E-state index is 13.4. The number of nitrogens with zero attached hydrogens (tertiary/aromatic N) is 3. The van der Waals surface area contributed by atoms with Crippen molar-refractivity contribution in [3.8, 4) is 5.75 Å². The summed E-state index contributed by atoms with van der Waals surface area (Å²) in [5, 5.41) is 29.9. The molecule has 2 fully saturated rings. The number of aliphatic carboxylic acids is 2. The van der Waals surface area contributed by atoms with E-state index >= 15 is 0 Å². The van der Waals surface area contributed by atoms with E-state index in [0.717, 1.165) is 51.0 Å².